The molecule has 1 amide bonds. The largest absolute Gasteiger partial charge is 0.459 e. The van der Waals surface area contributed by atoms with Crippen LogP contribution in [0.15, 0.2) is 41.0 Å². The van der Waals surface area contributed by atoms with Gasteiger partial charge in [0.25, 0.3) is 5.91 Å². The molecule has 0 unspecified atom stereocenters. The molecule has 2 N–H and O–H groups in total. The number of fused-ring (bicyclic) bond motifs is 1. The van der Waals surface area contributed by atoms with Crippen LogP contribution in [0.1, 0.15) is 48.3 Å². The van der Waals surface area contributed by atoms with Crippen molar-refractivity contribution in [2.45, 2.75) is 33.2 Å². The lowest BCUT2D eigenvalue weighted by atomic mass is 10.0. The van der Waals surface area contributed by atoms with Gasteiger partial charge in [-0.3, -0.25) is 4.79 Å². The second kappa shape index (κ2) is 6.28. The van der Waals surface area contributed by atoms with Gasteiger partial charge in [0.05, 0.1) is 23.3 Å². The molecule has 0 aliphatic rings. The Morgan fingerprint density at radius 1 is 1.30 bits per heavy atom. The van der Waals surface area contributed by atoms with Crippen molar-refractivity contribution in [2.75, 3.05) is 0 Å². The number of imidazole rings is 1. The molecule has 3 rings (SSSR count). The SMILES string of the molecule is Cc1ccoc1C(=O)N[C@H](CC(C)C)c1nc2ccccc2[nH]1. The smallest absolute Gasteiger partial charge is 0.287 e. The summed E-state index contributed by atoms with van der Waals surface area (Å²) in [4.78, 5) is 20.4. The maximum Gasteiger partial charge on any atom is 0.287 e. The summed E-state index contributed by atoms with van der Waals surface area (Å²) in [6.07, 6.45) is 2.33. The molecule has 2 heterocycles. The second-order valence-electron chi connectivity index (χ2n) is 6.23. The molecule has 1 aromatic carbocycles. The van der Waals surface area contributed by atoms with Crippen molar-refractivity contribution in [3.8, 4) is 0 Å². The molecule has 2 aromatic heterocycles. The van der Waals surface area contributed by atoms with Crippen molar-refractivity contribution < 1.29 is 9.21 Å². The molecule has 120 valence electrons. The van der Waals surface area contributed by atoms with Gasteiger partial charge in [-0.05, 0) is 37.5 Å². The second-order valence-corrected chi connectivity index (χ2v) is 6.23. The zero-order valence-corrected chi connectivity index (χ0v) is 13.6. The van der Waals surface area contributed by atoms with Crippen LogP contribution >= 0.6 is 0 Å². The zero-order chi connectivity index (χ0) is 16.4. The summed E-state index contributed by atoms with van der Waals surface area (Å²) in [6, 6.07) is 9.46. The Morgan fingerprint density at radius 2 is 2.09 bits per heavy atom. The van der Waals surface area contributed by atoms with E-state index < -0.39 is 0 Å². The van der Waals surface area contributed by atoms with E-state index in [1.807, 2.05) is 31.2 Å². The quantitative estimate of drug-likeness (QED) is 0.748. The van der Waals surface area contributed by atoms with E-state index in [4.69, 9.17) is 4.42 Å². The van der Waals surface area contributed by atoms with Crippen molar-refractivity contribution in [2.24, 2.45) is 5.92 Å². The topological polar surface area (TPSA) is 70.9 Å². The first-order valence-corrected chi connectivity index (χ1v) is 7.84. The summed E-state index contributed by atoms with van der Waals surface area (Å²) < 4.78 is 5.28. The van der Waals surface area contributed by atoms with E-state index in [0.29, 0.717) is 11.7 Å². The van der Waals surface area contributed by atoms with Crippen molar-refractivity contribution in [3.05, 3.63) is 53.7 Å². The molecule has 1 atom stereocenters. The highest BCUT2D eigenvalue weighted by molar-refractivity contribution is 5.93. The number of hydrogen-bond acceptors (Lipinski definition) is 3. The number of aromatic amines is 1. The molecule has 5 nitrogen and oxygen atoms in total. The highest BCUT2D eigenvalue weighted by Crippen LogP contribution is 2.23. The first kappa shape index (κ1) is 15.3. The third-order valence-electron chi connectivity index (χ3n) is 3.82. The molecule has 0 saturated heterocycles. The third kappa shape index (κ3) is 3.28. The maximum atomic E-state index is 12.5. The molecule has 5 heteroatoms. The van der Waals surface area contributed by atoms with E-state index >= 15 is 0 Å². The number of H-pyrrole nitrogens is 1. The van der Waals surface area contributed by atoms with Gasteiger partial charge < -0.3 is 14.7 Å². The standard InChI is InChI=1S/C18H21N3O2/c1-11(2)10-15(21-18(22)16-12(3)8-9-23-16)17-19-13-6-4-5-7-14(13)20-17/h4-9,11,15H,10H2,1-3H3,(H,19,20)(H,21,22)/t15-/m1/s1. The Kier molecular flexibility index (Phi) is 4.19. The molecular weight excluding hydrogens is 290 g/mol. The minimum Gasteiger partial charge on any atom is -0.459 e. The Bertz CT molecular complexity index is 783. The Morgan fingerprint density at radius 3 is 2.74 bits per heavy atom. The normalized spacial score (nSPS) is 12.7. The monoisotopic (exact) mass is 311 g/mol. The van der Waals surface area contributed by atoms with Gasteiger partial charge in [-0.25, -0.2) is 4.98 Å². The Hall–Kier alpha value is -2.56. The van der Waals surface area contributed by atoms with Crippen LogP contribution in [0.4, 0.5) is 0 Å². The average molecular weight is 311 g/mol. The van der Waals surface area contributed by atoms with Crippen molar-refractivity contribution in [1.82, 2.24) is 15.3 Å². The van der Waals surface area contributed by atoms with Crippen molar-refractivity contribution in [3.63, 3.8) is 0 Å². The number of para-hydroxylation sites is 2. The summed E-state index contributed by atoms with van der Waals surface area (Å²) in [5.41, 5.74) is 2.70. The summed E-state index contributed by atoms with van der Waals surface area (Å²) in [7, 11) is 0. The fourth-order valence-corrected chi connectivity index (χ4v) is 2.68. The fourth-order valence-electron chi connectivity index (χ4n) is 2.68. The zero-order valence-electron chi connectivity index (χ0n) is 13.6. The van der Waals surface area contributed by atoms with E-state index in [9.17, 15) is 4.79 Å². The van der Waals surface area contributed by atoms with Crippen LogP contribution in [0.5, 0.6) is 0 Å². The predicted molar refractivity (Wildman–Crippen MR) is 89.2 cm³/mol. The number of aryl methyl sites for hydroxylation is 1. The number of carbonyl (C=O) groups excluding carboxylic acids is 1. The van der Waals surface area contributed by atoms with Gasteiger partial charge in [-0.15, -0.1) is 0 Å². The number of hydrogen-bond donors (Lipinski definition) is 2. The minimum absolute atomic E-state index is 0.181. The number of benzene rings is 1. The van der Waals surface area contributed by atoms with Crippen LogP contribution in [-0.2, 0) is 0 Å². The van der Waals surface area contributed by atoms with E-state index in [2.05, 4.69) is 29.1 Å². The lowest BCUT2D eigenvalue weighted by Crippen LogP contribution is -2.30. The maximum absolute atomic E-state index is 12.5. The van der Waals surface area contributed by atoms with Gasteiger partial charge in [0.1, 0.15) is 5.82 Å². The van der Waals surface area contributed by atoms with E-state index in [1.54, 1.807) is 6.07 Å². The van der Waals surface area contributed by atoms with Gasteiger partial charge in [0, 0.05) is 5.56 Å². The molecule has 0 aliphatic carbocycles. The van der Waals surface area contributed by atoms with Gasteiger partial charge in [-0.1, -0.05) is 26.0 Å². The molecule has 0 spiro atoms. The van der Waals surface area contributed by atoms with Gasteiger partial charge in [-0.2, -0.15) is 0 Å². The lowest BCUT2D eigenvalue weighted by molar-refractivity contribution is 0.0901. The fraction of sp³-hybridized carbons (Fsp3) is 0.333. The lowest BCUT2D eigenvalue weighted by Gasteiger charge is -2.18. The number of aromatic nitrogens is 2. The van der Waals surface area contributed by atoms with E-state index in [1.165, 1.54) is 6.26 Å². The van der Waals surface area contributed by atoms with Crippen LogP contribution in [0.25, 0.3) is 11.0 Å². The molecular formula is C18H21N3O2. The number of furan rings is 1. The van der Waals surface area contributed by atoms with Crippen molar-refractivity contribution in [1.29, 1.82) is 0 Å². The highest BCUT2D eigenvalue weighted by Gasteiger charge is 2.22. The number of nitrogens with zero attached hydrogens (tertiary/aromatic N) is 1. The molecule has 0 bridgehead atoms. The summed E-state index contributed by atoms with van der Waals surface area (Å²) >= 11 is 0. The van der Waals surface area contributed by atoms with E-state index in [-0.39, 0.29) is 11.9 Å². The number of amides is 1. The Labute approximate surface area is 135 Å². The molecule has 0 radical (unpaired) electrons. The molecule has 0 saturated carbocycles. The number of nitrogens with one attached hydrogen (secondary N) is 2. The first-order chi connectivity index (χ1) is 11.0. The Balaban J connectivity index is 1.88. The van der Waals surface area contributed by atoms with Gasteiger partial charge in [0.15, 0.2) is 5.76 Å². The first-order valence-electron chi connectivity index (χ1n) is 7.84. The highest BCUT2D eigenvalue weighted by atomic mass is 16.3. The van der Waals surface area contributed by atoms with Crippen LogP contribution in [-0.4, -0.2) is 15.9 Å². The van der Waals surface area contributed by atoms with Gasteiger partial charge >= 0.3 is 0 Å². The molecule has 0 fully saturated rings. The molecule has 3 aromatic rings. The van der Waals surface area contributed by atoms with E-state index in [0.717, 1.165) is 28.8 Å². The van der Waals surface area contributed by atoms with Crippen LogP contribution < -0.4 is 5.32 Å². The van der Waals surface area contributed by atoms with Crippen LogP contribution in [0.3, 0.4) is 0 Å². The molecule has 0 aliphatic heterocycles. The average Bonchev–Trinajstić information content (AvgIpc) is 3.11. The number of carbonyl (C=O) groups is 1. The van der Waals surface area contributed by atoms with Crippen LogP contribution in [0.2, 0.25) is 0 Å². The third-order valence-corrected chi connectivity index (χ3v) is 3.82. The number of rotatable bonds is 5. The van der Waals surface area contributed by atoms with Crippen LogP contribution in [0, 0.1) is 12.8 Å². The summed E-state index contributed by atoms with van der Waals surface area (Å²) in [5, 5.41) is 3.04. The molecule has 23 heavy (non-hydrogen) atoms. The summed E-state index contributed by atoms with van der Waals surface area (Å²) in [6.45, 7) is 6.11. The van der Waals surface area contributed by atoms with Gasteiger partial charge in [0.2, 0.25) is 0 Å². The predicted octanol–water partition coefficient (Wildman–Crippen LogP) is 3.98. The summed E-state index contributed by atoms with van der Waals surface area (Å²) in [5.74, 6) is 1.34. The van der Waals surface area contributed by atoms with Crippen molar-refractivity contribution >= 4 is 16.9 Å². The minimum atomic E-state index is -0.210.